The molecule has 1 aromatic rings. The first-order valence-corrected chi connectivity index (χ1v) is 5.99. The smallest absolute Gasteiger partial charge is 0.308 e. The molecule has 1 N–H and O–H groups in total. The zero-order valence-corrected chi connectivity index (χ0v) is 11.1. The number of nitrogens with zero attached hydrogens (tertiary/aromatic N) is 1. The number of hydrogen-bond acceptors (Lipinski definition) is 2. The van der Waals surface area contributed by atoms with Crippen LogP contribution in [0.2, 0.25) is 5.02 Å². The van der Waals surface area contributed by atoms with Crippen LogP contribution >= 0.6 is 11.6 Å². The van der Waals surface area contributed by atoms with E-state index in [9.17, 15) is 9.59 Å². The standard InChI is InChI=1S/C13H16ClNO3/c1-9(13(17)18)8-15(2)12(16)7-10-4-3-5-11(14)6-10/h3-6,9H,7-8H2,1-2H3,(H,17,18). The number of amides is 1. The number of carbonyl (C=O) groups is 2. The third kappa shape index (κ3) is 4.37. The van der Waals surface area contributed by atoms with Crippen LogP contribution in [0.5, 0.6) is 0 Å². The number of carbonyl (C=O) groups excluding carboxylic acids is 1. The molecule has 1 rings (SSSR count). The molecule has 0 aliphatic carbocycles. The quantitative estimate of drug-likeness (QED) is 0.890. The fourth-order valence-corrected chi connectivity index (χ4v) is 1.76. The van der Waals surface area contributed by atoms with Gasteiger partial charge < -0.3 is 10.0 Å². The Morgan fingerprint density at radius 1 is 1.44 bits per heavy atom. The van der Waals surface area contributed by atoms with E-state index in [1.165, 1.54) is 4.90 Å². The molecule has 4 nitrogen and oxygen atoms in total. The van der Waals surface area contributed by atoms with E-state index in [1.807, 2.05) is 6.07 Å². The van der Waals surface area contributed by atoms with Gasteiger partial charge in [0.2, 0.25) is 5.91 Å². The van der Waals surface area contributed by atoms with E-state index in [0.717, 1.165) is 5.56 Å². The van der Waals surface area contributed by atoms with E-state index in [2.05, 4.69) is 0 Å². The predicted molar refractivity (Wildman–Crippen MR) is 69.6 cm³/mol. The van der Waals surface area contributed by atoms with Gasteiger partial charge in [0.25, 0.3) is 0 Å². The lowest BCUT2D eigenvalue weighted by Gasteiger charge is -2.19. The van der Waals surface area contributed by atoms with E-state index in [-0.39, 0.29) is 18.9 Å². The van der Waals surface area contributed by atoms with Crippen molar-refractivity contribution in [3.63, 3.8) is 0 Å². The summed E-state index contributed by atoms with van der Waals surface area (Å²) in [7, 11) is 1.60. The van der Waals surface area contributed by atoms with Crippen LogP contribution in [0.25, 0.3) is 0 Å². The van der Waals surface area contributed by atoms with Gasteiger partial charge in [-0.25, -0.2) is 0 Å². The number of hydrogen-bond donors (Lipinski definition) is 1. The first-order chi connectivity index (χ1) is 8.40. The molecule has 5 heteroatoms. The molecule has 98 valence electrons. The third-order valence-corrected chi connectivity index (χ3v) is 2.87. The van der Waals surface area contributed by atoms with Gasteiger partial charge in [0.1, 0.15) is 0 Å². The lowest BCUT2D eigenvalue weighted by Crippen LogP contribution is -2.34. The summed E-state index contributed by atoms with van der Waals surface area (Å²) in [5.74, 6) is -1.60. The maximum atomic E-state index is 11.9. The van der Waals surface area contributed by atoms with Crippen LogP contribution in [0.1, 0.15) is 12.5 Å². The van der Waals surface area contributed by atoms with Crippen molar-refractivity contribution in [3.8, 4) is 0 Å². The van der Waals surface area contributed by atoms with Crippen LogP contribution in [-0.4, -0.2) is 35.5 Å². The second kappa shape index (κ2) is 6.40. The molecular formula is C13H16ClNO3. The zero-order chi connectivity index (χ0) is 13.7. The highest BCUT2D eigenvalue weighted by Crippen LogP contribution is 2.12. The van der Waals surface area contributed by atoms with Gasteiger partial charge in [-0.05, 0) is 17.7 Å². The van der Waals surface area contributed by atoms with Crippen molar-refractivity contribution in [1.29, 1.82) is 0 Å². The molecule has 0 radical (unpaired) electrons. The van der Waals surface area contributed by atoms with Crippen LogP contribution in [0.3, 0.4) is 0 Å². The SMILES string of the molecule is CC(CN(C)C(=O)Cc1cccc(Cl)c1)C(=O)O. The van der Waals surface area contributed by atoms with Gasteiger partial charge in [0, 0.05) is 18.6 Å². The maximum absolute atomic E-state index is 11.9. The van der Waals surface area contributed by atoms with Crippen LogP contribution in [-0.2, 0) is 16.0 Å². The monoisotopic (exact) mass is 269 g/mol. The number of aliphatic carboxylic acids is 1. The third-order valence-electron chi connectivity index (χ3n) is 2.64. The molecule has 18 heavy (non-hydrogen) atoms. The van der Waals surface area contributed by atoms with Gasteiger partial charge in [-0.3, -0.25) is 9.59 Å². The van der Waals surface area contributed by atoms with Crippen LogP contribution in [0, 0.1) is 5.92 Å². The second-order valence-corrected chi connectivity index (χ2v) is 4.76. The molecule has 0 fully saturated rings. The van der Waals surface area contributed by atoms with Gasteiger partial charge in [0.15, 0.2) is 0 Å². The molecule has 1 amide bonds. The fourth-order valence-electron chi connectivity index (χ4n) is 1.55. The number of halogens is 1. The summed E-state index contributed by atoms with van der Waals surface area (Å²) in [6, 6.07) is 7.07. The molecule has 0 heterocycles. The minimum atomic E-state index is -0.905. The molecule has 0 saturated carbocycles. The van der Waals surface area contributed by atoms with Crippen LogP contribution in [0.4, 0.5) is 0 Å². The molecule has 1 aromatic carbocycles. The second-order valence-electron chi connectivity index (χ2n) is 4.32. The number of carboxylic acid groups (broad SMARTS) is 1. The summed E-state index contributed by atoms with van der Waals surface area (Å²) in [6.07, 6.45) is 0.226. The van der Waals surface area contributed by atoms with Crippen molar-refractivity contribution in [2.45, 2.75) is 13.3 Å². The lowest BCUT2D eigenvalue weighted by atomic mass is 10.1. The molecule has 0 bridgehead atoms. The molecule has 0 aromatic heterocycles. The van der Waals surface area contributed by atoms with Crippen molar-refractivity contribution in [2.24, 2.45) is 5.92 Å². The Kier molecular flexibility index (Phi) is 5.16. The van der Waals surface area contributed by atoms with Gasteiger partial charge in [-0.15, -0.1) is 0 Å². The largest absolute Gasteiger partial charge is 0.481 e. The van der Waals surface area contributed by atoms with Crippen LogP contribution < -0.4 is 0 Å². The first kappa shape index (κ1) is 14.5. The molecule has 0 spiro atoms. The number of benzene rings is 1. The van der Waals surface area contributed by atoms with E-state index in [1.54, 1.807) is 32.2 Å². The number of carboxylic acids is 1. The Morgan fingerprint density at radius 2 is 2.11 bits per heavy atom. The van der Waals surface area contributed by atoms with E-state index >= 15 is 0 Å². The molecule has 1 atom stereocenters. The summed E-state index contributed by atoms with van der Waals surface area (Å²) in [5.41, 5.74) is 0.822. The van der Waals surface area contributed by atoms with Crippen molar-refractivity contribution in [1.82, 2.24) is 4.90 Å². The summed E-state index contributed by atoms with van der Waals surface area (Å²) in [6.45, 7) is 1.78. The highest BCUT2D eigenvalue weighted by atomic mass is 35.5. The van der Waals surface area contributed by atoms with E-state index in [4.69, 9.17) is 16.7 Å². The first-order valence-electron chi connectivity index (χ1n) is 5.61. The highest BCUT2D eigenvalue weighted by Gasteiger charge is 2.17. The number of rotatable bonds is 5. The van der Waals surface area contributed by atoms with Crippen molar-refractivity contribution in [3.05, 3.63) is 34.9 Å². The summed E-state index contributed by atoms with van der Waals surface area (Å²) in [5, 5.41) is 9.37. The normalized spacial score (nSPS) is 11.9. The summed E-state index contributed by atoms with van der Waals surface area (Å²) < 4.78 is 0. The van der Waals surface area contributed by atoms with E-state index < -0.39 is 11.9 Å². The predicted octanol–water partition coefficient (Wildman–Crippen LogP) is 2.06. The fraction of sp³-hybridized carbons (Fsp3) is 0.385. The Labute approximate surface area is 111 Å². The minimum Gasteiger partial charge on any atom is -0.481 e. The Bertz CT molecular complexity index is 448. The van der Waals surface area contributed by atoms with Crippen LogP contribution in [0.15, 0.2) is 24.3 Å². The van der Waals surface area contributed by atoms with Crippen molar-refractivity contribution in [2.75, 3.05) is 13.6 Å². The summed E-state index contributed by atoms with van der Waals surface area (Å²) >= 11 is 5.83. The van der Waals surface area contributed by atoms with Crippen molar-refractivity contribution < 1.29 is 14.7 Å². The summed E-state index contributed by atoms with van der Waals surface area (Å²) in [4.78, 5) is 24.0. The average molecular weight is 270 g/mol. The van der Waals surface area contributed by atoms with Gasteiger partial charge in [0.05, 0.1) is 12.3 Å². The molecule has 0 aliphatic rings. The average Bonchev–Trinajstić information content (AvgIpc) is 2.28. The molecule has 0 aliphatic heterocycles. The Morgan fingerprint density at radius 3 is 2.67 bits per heavy atom. The van der Waals surface area contributed by atoms with E-state index in [0.29, 0.717) is 5.02 Å². The topological polar surface area (TPSA) is 57.6 Å². The van der Waals surface area contributed by atoms with Crippen molar-refractivity contribution >= 4 is 23.5 Å². The number of likely N-dealkylation sites (N-methyl/N-ethyl adjacent to an activating group) is 1. The maximum Gasteiger partial charge on any atom is 0.308 e. The zero-order valence-electron chi connectivity index (χ0n) is 10.4. The van der Waals surface area contributed by atoms with Gasteiger partial charge >= 0.3 is 5.97 Å². The highest BCUT2D eigenvalue weighted by molar-refractivity contribution is 6.30. The lowest BCUT2D eigenvalue weighted by molar-refractivity contribution is -0.142. The minimum absolute atomic E-state index is 0.120. The Hall–Kier alpha value is -1.55. The van der Waals surface area contributed by atoms with Gasteiger partial charge in [-0.2, -0.15) is 0 Å². The Balaban J connectivity index is 2.57. The molecule has 0 saturated heterocycles. The molecular weight excluding hydrogens is 254 g/mol. The molecule has 1 unspecified atom stereocenters. The van der Waals surface area contributed by atoms with Gasteiger partial charge in [-0.1, -0.05) is 30.7 Å².